The molecule has 0 aliphatic carbocycles. The van der Waals surface area contributed by atoms with E-state index in [1.165, 1.54) is 5.56 Å². The van der Waals surface area contributed by atoms with E-state index in [1.54, 1.807) is 16.9 Å². The maximum absolute atomic E-state index is 5.54. The molecule has 0 bridgehead atoms. The van der Waals surface area contributed by atoms with Crippen molar-refractivity contribution >= 4 is 0 Å². The van der Waals surface area contributed by atoms with Gasteiger partial charge in [0, 0.05) is 11.5 Å². The fraction of sp³-hybridized carbons (Fsp3) is 0.682. The van der Waals surface area contributed by atoms with Crippen LogP contribution in [-0.2, 0) is 12.1 Å². The summed E-state index contributed by atoms with van der Waals surface area (Å²) in [4.78, 5) is 3.22. The summed E-state index contributed by atoms with van der Waals surface area (Å²) in [7, 11) is 1.76. The molecule has 7 heteroatoms. The summed E-state index contributed by atoms with van der Waals surface area (Å²) >= 11 is 0. The number of tetrazole rings is 1. The Morgan fingerprint density at radius 2 is 1.83 bits per heavy atom. The number of hydrogen-bond donors (Lipinski definition) is 2. The van der Waals surface area contributed by atoms with Crippen LogP contribution in [0.15, 0.2) is 24.3 Å². The summed E-state index contributed by atoms with van der Waals surface area (Å²) < 4.78 is 7.61. The van der Waals surface area contributed by atoms with Crippen molar-refractivity contribution in [1.82, 2.24) is 20.2 Å². The molecule has 2 aromatic rings. The van der Waals surface area contributed by atoms with Gasteiger partial charge in [-0.3, -0.25) is 0 Å². The van der Waals surface area contributed by atoms with Gasteiger partial charge in [-0.25, -0.2) is 4.68 Å². The summed E-state index contributed by atoms with van der Waals surface area (Å²) in [6, 6.07) is 8.70. The molecule has 160 valence electrons. The standard InChI is InChI=1S/C22H36N6O/c1-7-22(4,5)28-21(23-24-25-28)20(17(2)3)27-14-12-26(13-15-27)16-18-10-8-9-11-19(18)29-6/h8-11,17,20H,7,12-16H2,1-6H3/p+2/t20-/m0/s1. The number of piperazine rings is 1. The molecule has 3 rings (SSSR count). The van der Waals surface area contributed by atoms with Gasteiger partial charge in [-0.05, 0) is 42.8 Å². The largest absolute Gasteiger partial charge is 0.496 e. The second-order valence-corrected chi connectivity index (χ2v) is 9.23. The van der Waals surface area contributed by atoms with Crippen molar-refractivity contribution in [3.05, 3.63) is 35.7 Å². The molecule has 1 atom stereocenters. The van der Waals surface area contributed by atoms with E-state index in [1.807, 2.05) is 6.07 Å². The second-order valence-electron chi connectivity index (χ2n) is 9.23. The van der Waals surface area contributed by atoms with Crippen LogP contribution in [0.2, 0.25) is 0 Å². The first-order valence-electron chi connectivity index (χ1n) is 11.0. The van der Waals surface area contributed by atoms with Gasteiger partial charge in [-0.1, -0.05) is 32.9 Å². The topological polar surface area (TPSA) is 61.7 Å². The minimum Gasteiger partial charge on any atom is -0.496 e. The van der Waals surface area contributed by atoms with Crippen molar-refractivity contribution in [2.75, 3.05) is 33.3 Å². The molecule has 2 N–H and O–H groups in total. The van der Waals surface area contributed by atoms with E-state index in [9.17, 15) is 0 Å². The quantitative estimate of drug-likeness (QED) is 0.675. The van der Waals surface area contributed by atoms with Crippen LogP contribution in [0.1, 0.15) is 58.5 Å². The number of methoxy groups -OCH3 is 1. The molecule has 0 saturated carbocycles. The van der Waals surface area contributed by atoms with Gasteiger partial charge in [-0.15, -0.1) is 5.10 Å². The van der Waals surface area contributed by atoms with Crippen molar-refractivity contribution in [2.24, 2.45) is 5.92 Å². The lowest BCUT2D eigenvalue weighted by Crippen LogP contribution is -3.27. The summed E-state index contributed by atoms with van der Waals surface area (Å²) in [6.45, 7) is 16.8. The number of rotatable bonds is 8. The lowest BCUT2D eigenvalue weighted by atomic mass is 9.97. The van der Waals surface area contributed by atoms with Crippen LogP contribution >= 0.6 is 0 Å². The molecule has 7 nitrogen and oxygen atoms in total. The summed E-state index contributed by atoms with van der Waals surface area (Å²) in [5, 5.41) is 12.9. The first-order chi connectivity index (χ1) is 13.9. The molecule has 0 amide bonds. The highest BCUT2D eigenvalue weighted by Gasteiger charge is 2.38. The number of nitrogens with one attached hydrogen (secondary N) is 2. The third-order valence-electron chi connectivity index (χ3n) is 6.55. The molecule has 1 fully saturated rings. The highest BCUT2D eigenvalue weighted by molar-refractivity contribution is 5.32. The average Bonchev–Trinajstić information content (AvgIpc) is 3.20. The monoisotopic (exact) mass is 402 g/mol. The number of aromatic nitrogens is 4. The van der Waals surface area contributed by atoms with Crippen molar-refractivity contribution < 1.29 is 14.5 Å². The number of ether oxygens (including phenoxy) is 1. The predicted octanol–water partition coefficient (Wildman–Crippen LogP) is 0.508. The number of nitrogens with zero attached hydrogens (tertiary/aromatic N) is 4. The van der Waals surface area contributed by atoms with Gasteiger partial charge in [0.1, 0.15) is 38.5 Å². The van der Waals surface area contributed by atoms with Crippen molar-refractivity contribution in [2.45, 2.75) is 59.2 Å². The van der Waals surface area contributed by atoms with Crippen LogP contribution < -0.4 is 14.5 Å². The number of benzene rings is 1. The summed E-state index contributed by atoms with van der Waals surface area (Å²) in [5.41, 5.74) is 1.23. The maximum Gasteiger partial charge on any atom is 0.210 e. The van der Waals surface area contributed by atoms with Crippen LogP contribution in [0.5, 0.6) is 5.75 Å². The maximum atomic E-state index is 5.54. The fourth-order valence-corrected chi connectivity index (χ4v) is 4.45. The van der Waals surface area contributed by atoms with Crippen LogP contribution in [0.3, 0.4) is 0 Å². The van der Waals surface area contributed by atoms with Gasteiger partial charge in [-0.2, -0.15) is 0 Å². The zero-order valence-corrected chi connectivity index (χ0v) is 18.9. The predicted molar refractivity (Wildman–Crippen MR) is 113 cm³/mol. The van der Waals surface area contributed by atoms with E-state index in [-0.39, 0.29) is 5.54 Å². The van der Waals surface area contributed by atoms with Crippen LogP contribution in [0.4, 0.5) is 0 Å². The van der Waals surface area contributed by atoms with Crippen molar-refractivity contribution in [1.29, 1.82) is 0 Å². The number of quaternary nitrogens is 2. The Kier molecular flexibility index (Phi) is 6.90. The zero-order chi connectivity index (χ0) is 21.0. The minimum absolute atomic E-state index is 0.0671. The van der Waals surface area contributed by atoms with Crippen molar-refractivity contribution in [3.63, 3.8) is 0 Å². The Hall–Kier alpha value is -1.99. The third kappa shape index (κ3) is 4.78. The van der Waals surface area contributed by atoms with Crippen LogP contribution in [0.25, 0.3) is 0 Å². The smallest absolute Gasteiger partial charge is 0.210 e. The van der Waals surface area contributed by atoms with Crippen LogP contribution in [-0.4, -0.2) is 53.5 Å². The summed E-state index contributed by atoms with van der Waals surface area (Å²) in [5.74, 6) is 2.52. The molecular formula is C22H38N6O+2. The minimum atomic E-state index is -0.0671. The zero-order valence-electron chi connectivity index (χ0n) is 18.9. The third-order valence-corrected chi connectivity index (χ3v) is 6.55. The molecule has 0 spiro atoms. The van der Waals surface area contributed by atoms with E-state index >= 15 is 0 Å². The van der Waals surface area contributed by atoms with E-state index in [4.69, 9.17) is 4.74 Å². The fourth-order valence-electron chi connectivity index (χ4n) is 4.45. The van der Waals surface area contributed by atoms with Gasteiger partial charge in [0.2, 0.25) is 5.82 Å². The Labute approximate surface area is 175 Å². The highest BCUT2D eigenvalue weighted by Crippen LogP contribution is 2.24. The number of hydrogen-bond acceptors (Lipinski definition) is 4. The second kappa shape index (κ2) is 9.22. The Morgan fingerprint density at radius 1 is 1.14 bits per heavy atom. The molecule has 1 aromatic carbocycles. The summed E-state index contributed by atoms with van der Waals surface area (Å²) in [6.07, 6.45) is 1.00. The molecule has 1 aliphatic rings. The van der Waals surface area contributed by atoms with Gasteiger partial charge >= 0.3 is 0 Å². The van der Waals surface area contributed by atoms with Gasteiger partial charge < -0.3 is 14.5 Å². The molecular weight excluding hydrogens is 364 g/mol. The van der Waals surface area contributed by atoms with Gasteiger partial charge in [0.05, 0.1) is 12.6 Å². The molecule has 2 heterocycles. The molecule has 1 saturated heterocycles. The van der Waals surface area contributed by atoms with E-state index in [0.29, 0.717) is 12.0 Å². The normalized spacial score (nSPS) is 21.3. The SMILES string of the molecule is CCC(C)(C)n1nnnc1[C@H](C(C)C)[NH+]1CC[NH+](Cc2ccccc2OC)CC1. The first-order valence-corrected chi connectivity index (χ1v) is 11.0. The highest BCUT2D eigenvalue weighted by atomic mass is 16.5. The first kappa shape index (κ1) is 21.7. The lowest BCUT2D eigenvalue weighted by Gasteiger charge is -2.37. The Bertz CT molecular complexity index is 779. The lowest BCUT2D eigenvalue weighted by molar-refractivity contribution is -1.03. The van der Waals surface area contributed by atoms with Crippen molar-refractivity contribution in [3.8, 4) is 5.75 Å². The molecule has 1 aromatic heterocycles. The Balaban J connectivity index is 1.71. The average molecular weight is 403 g/mol. The number of para-hydroxylation sites is 1. The van der Waals surface area contributed by atoms with E-state index < -0.39 is 0 Å². The van der Waals surface area contributed by atoms with Crippen LogP contribution in [0, 0.1) is 5.92 Å². The Morgan fingerprint density at radius 3 is 2.45 bits per heavy atom. The van der Waals surface area contributed by atoms with Gasteiger partial charge in [0.15, 0.2) is 6.04 Å². The van der Waals surface area contributed by atoms with Gasteiger partial charge in [0.25, 0.3) is 0 Å². The van der Waals surface area contributed by atoms with E-state index in [2.05, 4.69) is 73.0 Å². The molecule has 0 unspecified atom stereocenters. The molecule has 29 heavy (non-hydrogen) atoms. The molecule has 0 radical (unpaired) electrons. The molecule has 1 aliphatic heterocycles. The van der Waals surface area contributed by atoms with E-state index in [0.717, 1.165) is 50.7 Å².